The number of nitrogens with zero attached hydrogens (tertiary/aromatic N) is 4. The van der Waals surface area contributed by atoms with E-state index in [2.05, 4.69) is 21.7 Å². The minimum Gasteiger partial charge on any atom is -0.301 e. The van der Waals surface area contributed by atoms with Crippen molar-refractivity contribution >= 4 is 33.2 Å². The molecule has 7 heteroatoms. The quantitative estimate of drug-likeness (QED) is 0.584. The highest BCUT2D eigenvalue weighted by Crippen LogP contribution is 2.35. The molecule has 0 saturated carbocycles. The van der Waals surface area contributed by atoms with Gasteiger partial charge in [-0.25, -0.2) is 4.98 Å². The number of likely N-dealkylation sites (N-methyl/N-ethyl adjacent to an activating group) is 1. The Morgan fingerprint density at radius 1 is 1.19 bits per heavy atom. The number of aromatic nitrogens is 2. The van der Waals surface area contributed by atoms with Crippen LogP contribution < -0.4 is 5.56 Å². The third-order valence-electron chi connectivity index (χ3n) is 6.96. The van der Waals surface area contributed by atoms with Crippen molar-refractivity contribution in [3.8, 4) is 0 Å². The van der Waals surface area contributed by atoms with Crippen LogP contribution in [0.4, 0.5) is 0 Å². The topological polar surface area (TPSA) is 41.4 Å². The molecule has 1 aromatic carbocycles. The molecule has 3 aromatic rings. The lowest BCUT2D eigenvalue weighted by Gasteiger charge is -2.40. The lowest BCUT2D eigenvalue weighted by Crippen LogP contribution is -2.51. The number of fused-ring (bicyclic) bond motifs is 3. The molecule has 0 unspecified atom stereocenters. The molecule has 164 valence electrons. The Balaban J connectivity index is 1.35. The van der Waals surface area contributed by atoms with Gasteiger partial charge in [0.05, 0.1) is 11.7 Å². The minimum absolute atomic E-state index is 0.101. The van der Waals surface area contributed by atoms with Crippen LogP contribution in [-0.2, 0) is 25.8 Å². The Morgan fingerprint density at radius 3 is 2.77 bits per heavy atom. The average Bonchev–Trinajstić information content (AvgIpc) is 3.18. The van der Waals surface area contributed by atoms with E-state index in [0.717, 1.165) is 66.1 Å². The van der Waals surface area contributed by atoms with Crippen molar-refractivity contribution in [2.24, 2.45) is 0 Å². The van der Waals surface area contributed by atoms with E-state index in [1.165, 1.54) is 23.5 Å². The third kappa shape index (κ3) is 4.19. The Labute approximate surface area is 192 Å². The molecule has 31 heavy (non-hydrogen) atoms. The van der Waals surface area contributed by atoms with Crippen molar-refractivity contribution in [3.05, 3.63) is 62.0 Å². The fourth-order valence-electron chi connectivity index (χ4n) is 5.04. The van der Waals surface area contributed by atoms with Gasteiger partial charge < -0.3 is 4.90 Å². The highest BCUT2D eigenvalue weighted by atomic mass is 35.5. The van der Waals surface area contributed by atoms with E-state index < -0.39 is 0 Å². The number of thiophene rings is 1. The number of hydrogen-bond acceptors (Lipinski definition) is 5. The molecular weight excluding hydrogens is 428 g/mol. The maximum atomic E-state index is 13.3. The number of aryl methyl sites for hydroxylation is 3. The second kappa shape index (κ2) is 9.02. The first-order chi connectivity index (χ1) is 15.1. The molecule has 0 spiro atoms. The molecule has 1 saturated heterocycles. The summed E-state index contributed by atoms with van der Waals surface area (Å²) < 4.78 is 1.76. The number of hydrogen-bond donors (Lipinski definition) is 0. The Kier molecular flexibility index (Phi) is 6.15. The van der Waals surface area contributed by atoms with E-state index >= 15 is 0 Å². The molecule has 0 N–H and O–H groups in total. The van der Waals surface area contributed by atoms with Gasteiger partial charge in [-0.1, -0.05) is 36.7 Å². The SMILES string of the molecule is CCN1CCN([C@H]2CCc3c(sc4ncn(CCc5ccccc5Cl)c(=O)c34)C2)CC1. The lowest BCUT2D eigenvalue weighted by molar-refractivity contribution is 0.0932. The second-order valence-corrected chi connectivity index (χ2v) is 10.1. The highest BCUT2D eigenvalue weighted by molar-refractivity contribution is 7.18. The Bertz CT molecular complexity index is 1130. The zero-order chi connectivity index (χ0) is 21.4. The van der Waals surface area contributed by atoms with Gasteiger partial charge in [-0.2, -0.15) is 0 Å². The van der Waals surface area contributed by atoms with E-state index in [1.807, 2.05) is 24.3 Å². The van der Waals surface area contributed by atoms with Crippen molar-refractivity contribution in [1.29, 1.82) is 0 Å². The van der Waals surface area contributed by atoms with Gasteiger partial charge in [0.2, 0.25) is 0 Å². The standard InChI is InChI=1S/C24H29ClN4OS/c1-2-27-11-13-28(14-12-27)18-7-8-19-21(15-18)31-23-22(19)24(30)29(16-26-23)10-9-17-5-3-4-6-20(17)25/h3-6,16,18H,2,7-15H2,1H3/t18-/m0/s1. The van der Waals surface area contributed by atoms with Crippen molar-refractivity contribution in [2.45, 2.75) is 45.2 Å². The van der Waals surface area contributed by atoms with Gasteiger partial charge in [0.15, 0.2) is 0 Å². The largest absolute Gasteiger partial charge is 0.301 e. The number of rotatable bonds is 5. The zero-order valence-corrected chi connectivity index (χ0v) is 19.6. The summed E-state index contributed by atoms with van der Waals surface area (Å²) in [6.45, 7) is 8.65. The lowest BCUT2D eigenvalue weighted by atomic mass is 9.91. The van der Waals surface area contributed by atoms with Crippen LogP contribution in [0.3, 0.4) is 0 Å². The molecular formula is C24H29ClN4OS. The predicted molar refractivity (Wildman–Crippen MR) is 129 cm³/mol. The number of benzene rings is 1. The normalized spacial score (nSPS) is 20.3. The minimum atomic E-state index is 0.101. The van der Waals surface area contributed by atoms with Crippen molar-refractivity contribution in [3.63, 3.8) is 0 Å². The first-order valence-corrected chi connectivity index (χ1v) is 12.5. The van der Waals surface area contributed by atoms with Gasteiger partial charge in [0, 0.05) is 48.7 Å². The van der Waals surface area contributed by atoms with E-state index in [4.69, 9.17) is 11.6 Å². The summed E-state index contributed by atoms with van der Waals surface area (Å²) in [5.41, 5.74) is 2.42. The summed E-state index contributed by atoms with van der Waals surface area (Å²) in [4.78, 5) is 25.4. The average molecular weight is 457 g/mol. The van der Waals surface area contributed by atoms with Gasteiger partial charge in [-0.15, -0.1) is 11.3 Å². The predicted octanol–water partition coefficient (Wildman–Crippen LogP) is 3.85. The van der Waals surface area contributed by atoms with Crippen LogP contribution in [0.2, 0.25) is 5.02 Å². The van der Waals surface area contributed by atoms with Crippen LogP contribution in [0.5, 0.6) is 0 Å². The summed E-state index contributed by atoms with van der Waals surface area (Å²) in [5, 5.41) is 1.61. The number of piperazine rings is 1. The first-order valence-electron chi connectivity index (χ1n) is 11.3. The summed E-state index contributed by atoms with van der Waals surface area (Å²) in [7, 11) is 0. The van der Waals surface area contributed by atoms with Crippen LogP contribution >= 0.6 is 22.9 Å². The molecule has 0 bridgehead atoms. The first kappa shape index (κ1) is 21.1. The smallest absolute Gasteiger partial charge is 0.262 e. The highest BCUT2D eigenvalue weighted by Gasteiger charge is 2.30. The van der Waals surface area contributed by atoms with E-state index in [1.54, 1.807) is 22.2 Å². The van der Waals surface area contributed by atoms with Crippen molar-refractivity contribution < 1.29 is 0 Å². The van der Waals surface area contributed by atoms with Crippen LogP contribution in [0.1, 0.15) is 29.3 Å². The van der Waals surface area contributed by atoms with Crippen LogP contribution in [0, 0.1) is 0 Å². The summed E-state index contributed by atoms with van der Waals surface area (Å²) in [6.07, 6.45) is 5.62. The Morgan fingerprint density at radius 2 is 2.00 bits per heavy atom. The molecule has 2 aliphatic rings. The zero-order valence-electron chi connectivity index (χ0n) is 18.0. The maximum Gasteiger partial charge on any atom is 0.262 e. The Hall–Kier alpha value is -1.73. The summed E-state index contributed by atoms with van der Waals surface area (Å²) in [5.74, 6) is 0. The van der Waals surface area contributed by atoms with E-state index in [0.29, 0.717) is 12.6 Å². The molecule has 1 aliphatic carbocycles. The van der Waals surface area contributed by atoms with Gasteiger partial charge in [-0.3, -0.25) is 14.3 Å². The van der Waals surface area contributed by atoms with Crippen molar-refractivity contribution in [2.75, 3.05) is 32.7 Å². The van der Waals surface area contributed by atoms with Gasteiger partial charge in [0.1, 0.15) is 4.83 Å². The molecule has 2 aromatic heterocycles. The van der Waals surface area contributed by atoms with Gasteiger partial charge >= 0.3 is 0 Å². The number of halogens is 1. The van der Waals surface area contributed by atoms with Crippen LogP contribution in [-0.4, -0.2) is 58.1 Å². The summed E-state index contributed by atoms with van der Waals surface area (Å²) >= 11 is 8.02. The molecule has 3 heterocycles. The van der Waals surface area contributed by atoms with Gasteiger partial charge in [-0.05, 0) is 49.4 Å². The second-order valence-electron chi connectivity index (χ2n) is 8.64. The summed E-state index contributed by atoms with van der Waals surface area (Å²) in [6, 6.07) is 8.43. The molecule has 5 nitrogen and oxygen atoms in total. The molecule has 5 rings (SSSR count). The fraction of sp³-hybridized carbons (Fsp3) is 0.500. The van der Waals surface area contributed by atoms with E-state index in [9.17, 15) is 4.79 Å². The fourth-order valence-corrected chi connectivity index (χ4v) is 6.52. The molecule has 1 atom stereocenters. The monoisotopic (exact) mass is 456 g/mol. The maximum absolute atomic E-state index is 13.3. The van der Waals surface area contributed by atoms with E-state index in [-0.39, 0.29) is 5.56 Å². The van der Waals surface area contributed by atoms with Crippen molar-refractivity contribution in [1.82, 2.24) is 19.4 Å². The van der Waals surface area contributed by atoms with Gasteiger partial charge in [0.25, 0.3) is 5.56 Å². The molecule has 0 radical (unpaired) electrons. The third-order valence-corrected chi connectivity index (χ3v) is 8.49. The van der Waals surface area contributed by atoms with Crippen LogP contribution in [0.15, 0.2) is 35.4 Å². The van der Waals surface area contributed by atoms with Crippen LogP contribution in [0.25, 0.3) is 10.2 Å². The molecule has 0 amide bonds. The molecule has 1 fully saturated rings. The molecule has 1 aliphatic heterocycles.